The molecule has 67 valence electrons. The summed E-state index contributed by atoms with van der Waals surface area (Å²) < 4.78 is 0. The van der Waals surface area contributed by atoms with Gasteiger partial charge in [-0.25, -0.2) is 5.11 Å². The molecule has 0 rings (SSSR count). The Hall–Kier alpha value is -1.09. The molecule has 0 spiro atoms. The maximum Gasteiger partial charge on any atom is 0.262 e. The zero-order chi connectivity index (χ0) is 9.56. The molecule has 0 aromatic carbocycles. The van der Waals surface area contributed by atoms with Crippen LogP contribution in [0.1, 0.15) is 20.8 Å². The first-order valence-electron chi connectivity index (χ1n) is 3.87. The summed E-state index contributed by atoms with van der Waals surface area (Å²) in [5, 5.41) is 10.8. The fourth-order valence-electron chi connectivity index (χ4n) is 0.728. The Morgan fingerprint density at radius 2 is 1.67 bits per heavy atom. The SMILES string of the molecule is C/C=C\N(/C=C\C)C(=O)C(C)[O]. The molecule has 0 aromatic rings. The fraction of sp³-hybridized carbons (Fsp3) is 0.444. The van der Waals surface area contributed by atoms with Crippen molar-refractivity contribution in [3.8, 4) is 0 Å². The number of carbonyl (C=O) groups excluding carboxylic acids is 1. The number of hydrogen-bond donors (Lipinski definition) is 0. The highest BCUT2D eigenvalue weighted by atomic mass is 16.3. The van der Waals surface area contributed by atoms with Crippen molar-refractivity contribution in [3.63, 3.8) is 0 Å². The normalized spacial score (nSPS) is 14.0. The first kappa shape index (κ1) is 10.9. The number of allylic oxidation sites excluding steroid dienone is 2. The Balaban J connectivity index is 4.40. The number of rotatable bonds is 3. The lowest BCUT2D eigenvalue weighted by Gasteiger charge is -2.13. The van der Waals surface area contributed by atoms with Crippen LogP contribution in [0.2, 0.25) is 0 Å². The van der Waals surface area contributed by atoms with Gasteiger partial charge in [-0.3, -0.25) is 9.69 Å². The smallest absolute Gasteiger partial charge is 0.262 e. The topological polar surface area (TPSA) is 40.2 Å². The largest absolute Gasteiger partial charge is 0.293 e. The summed E-state index contributed by atoms with van der Waals surface area (Å²) in [5.41, 5.74) is 0. The van der Waals surface area contributed by atoms with E-state index in [0.29, 0.717) is 0 Å². The molecule has 0 aliphatic carbocycles. The molecule has 1 unspecified atom stereocenters. The van der Waals surface area contributed by atoms with E-state index in [9.17, 15) is 9.90 Å². The molecular formula is C9H14NO2. The summed E-state index contributed by atoms with van der Waals surface area (Å²) in [5.74, 6) is -0.439. The van der Waals surface area contributed by atoms with Crippen LogP contribution >= 0.6 is 0 Å². The van der Waals surface area contributed by atoms with Gasteiger partial charge in [0.15, 0.2) is 6.10 Å². The third-order valence-electron chi connectivity index (χ3n) is 1.22. The molecule has 1 atom stereocenters. The first-order chi connectivity index (χ1) is 5.63. The Morgan fingerprint density at radius 1 is 1.25 bits per heavy atom. The Labute approximate surface area is 73.0 Å². The minimum Gasteiger partial charge on any atom is -0.293 e. The minimum atomic E-state index is -1.21. The van der Waals surface area contributed by atoms with Crippen LogP contribution in [-0.4, -0.2) is 16.9 Å². The van der Waals surface area contributed by atoms with Crippen LogP contribution in [0, 0.1) is 0 Å². The average Bonchev–Trinajstić information content (AvgIpc) is 2.03. The first-order valence-corrected chi connectivity index (χ1v) is 3.87. The Morgan fingerprint density at radius 3 is 1.92 bits per heavy atom. The van der Waals surface area contributed by atoms with Gasteiger partial charge in [-0.15, -0.1) is 0 Å². The summed E-state index contributed by atoms with van der Waals surface area (Å²) >= 11 is 0. The summed E-state index contributed by atoms with van der Waals surface area (Å²) in [6.45, 7) is 4.92. The zero-order valence-corrected chi connectivity index (χ0v) is 7.65. The quantitative estimate of drug-likeness (QED) is 0.632. The van der Waals surface area contributed by atoms with Gasteiger partial charge in [0.05, 0.1) is 0 Å². The van der Waals surface area contributed by atoms with Crippen molar-refractivity contribution in [2.24, 2.45) is 0 Å². The molecule has 0 heterocycles. The van der Waals surface area contributed by atoms with Crippen molar-refractivity contribution < 1.29 is 9.90 Å². The molecule has 0 N–H and O–H groups in total. The Kier molecular flexibility index (Phi) is 5.04. The monoisotopic (exact) mass is 168 g/mol. The maximum absolute atomic E-state index is 11.1. The van der Waals surface area contributed by atoms with Gasteiger partial charge < -0.3 is 0 Å². The van der Waals surface area contributed by atoms with Crippen molar-refractivity contribution in [2.75, 3.05) is 0 Å². The van der Waals surface area contributed by atoms with Gasteiger partial charge >= 0.3 is 0 Å². The fourth-order valence-corrected chi connectivity index (χ4v) is 0.728. The van der Waals surface area contributed by atoms with Crippen molar-refractivity contribution >= 4 is 5.91 Å². The molecule has 0 fully saturated rings. The molecule has 0 saturated heterocycles. The highest BCUT2D eigenvalue weighted by Gasteiger charge is 2.14. The van der Waals surface area contributed by atoms with Crippen LogP contribution in [0.5, 0.6) is 0 Å². The van der Waals surface area contributed by atoms with E-state index in [1.807, 2.05) is 0 Å². The van der Waals surface area contributed by atoms with Crippen molar-refractivity contribution in [1.29, 1.82) is 0 Å². The molecule has 3 nitrogen and oxygen atoms in total. The van der Waals surface area contributed by atoms with Crippen molar-refractivity contribution in [1.82, 2.24) is 4.90 Å². The molecule has 0 bridgehead atoms. The third kappa shape index (κ3) is 3.34. The minimum absolute atomic E-state index is 0.439. The molecule has 12 heavy (non-hydrogen) atoms. The van der Waals surface area contributed by atoms with E-state index in [2.05, 4.69) is 0 Å². The van der Waals surface area contributed by atoms with Gasteiger partial charge in [0.25, 0.3) is 5.91 Å². The van der Waals surface area contributed by atoms with Crippen LogP contribution in [0.4, 0.5) is 0 Å². The summed E-state index contributed by atoms with van der Waals surface area (Å²) in [6.07, 6.45) is 5.34. The number of carbonyl (C=O) groups is 1. The number of amides is 1. The third-order valence-corrected chi connectivity index (χ3v) is 1.22. The number of nitrogens with zero attached hydrogens (tertiary/aromatic N) is 1. The lowest BCUT2D eigenvalue weighted by molar-refractivity contribution is -0.137. The lowest BCUT2D eigenvalue weighted by Crippen LogP contribution is -2.29. The maximum atomic E-state index is 11.1. The summed E-state index contributed by atoms with van der Waals surface area (Å²) in [7, 11) is 0. The second kappa shape index (κ2) is 5.55. The van der Waals surface area contributed by atoms with E-state index in [1.54, 1.807) is 38.4 Å². The van der Waals surface area contributed by atoms with Crippen LogP contribution < -0.4 is 0 Å². The van der Waals surface area contributed by atoms with Crippen molar-refractivity contribution in [2.45, 2.75) is 26.9 Å². The predicted molar refractivity (Wildman–Crippen MR) is 46.6 cm³/mol. The van der Waals surface area contributed by atoms with Gasteiger partial charge in [0.1, 0.15) is 0 Å². The molecule has 1 amide bonds. The van der Waals surface area contributed by atoms with Crippen LogP contribution in [-0.2, 0) is 9.90 Å². The predicted octanol–water partition coefficient (Wildman–Crippen LogP) is 1.70. The van der Waals surface area contributed by atoms with Crippen molar-refractivity contribution in [3.05, 3.63) is 24.6 Å². The molecule has 3 heteroatoms. The number of hydrogen-bond acceptors (Lipinski definition) is 1. The van der Waals surface area contributed by atoms with E-state index >= 15 is 0 Å². The standard InChI is InChI=1S/C9H14NO2/c1-4-6-10(7-5-2)9(12)8(3)11/h4-8H,1-3H3/b6-4-,7-5-. The highest BCUT2D eigenvalue weighted by molar-refractivity contribution is 5.82. The average molecular weight is 168 g/mol. The van der Waals surface area contributed by atoms with Gasteiger partial charge in [-0.05, 0) is 20.8 Å². The van der Waals surface area contributed by atoms with E-state index in [4.69, 9.17) is 0 Å². The zero-order valence-electron chi connectivity index (χ0n) is 7.65. The van der Waals surface area contributed by atoms with Gasteiger partial charge in [-0.1, -0.05) is 12.2 Å². The Bertz CT molecular complexity index is 183. The second-order valence-electron chi connectivity index (χ2n) is 2.35. The summed E-state index contributed by atoms with van der Waals surface area (Å²) in [4.78, 5) is 12.4. The molecule has 1 radical (unpaired) electrons. The van der Waals surface area contributed by atoms with Gasteiger partial charge in [0, 0.05) is 12.4 Å². The molecular weight excluding hydrogens is 154 g/mol. The highest BCUT2D eigenvalue weighted by Crippen LogP contribution is 1.98. The summed E-state index contributed by atoms with van der Waals surface area (Å²) in [6, 6.07) is 0. The van der Waals surface area contributed by atoms with E-state index in [0.717, 1.165) is 0 Å². The molecule has 0 saturated carbocycles. The van der Waals surface area contributed by atoms with Crippen LogP contribution in [0.3, 0.4) is 0 Å². The van der Waals surface area contributed by atoms with Crippen LogP contribution in [0.25, 0.3) is 0 Å². The second-order valence-corrected chi connectivity index (χ2v) is 2.35. The molecule has 0 aliphatic heterocycles. The van der Waals surface area contributed by atoms with E-state index in [-0.39, 0.29) is 0 Å². The van der Waals surface area contributed by atoms with Gasteiger partial charge in [0.2, 0.25) is 0 Å². The van der Waals surface area contributed by atoms with E-state index < -0.39 is 12.0 Å². The molecule has 0 aromatic heterocycles. The van der Waals surface area contributed by atoms with Gasteiger partial charge in [-0.2, -0.15) is 0 Å². The molecule has 0 aliphatic rings. The van der Waals surface area contributed by atoms with E-state index in [1.165, 1.54) is 11.8 Å². The lowest BCUT2D eigenvalue weighted by atomic mass is 10.3. The van der Waals surface area contributed by atoms with Crippen LogP contribution in [0.15, 0.2) is 24.6 Å².